The Bertz CT molecular complexity index is 645. The van der Waals surface area contributed by atoms with Gasteiger partial charge in [-0.1, -0.05) is 6.07 Å². The Hall–Kier alpha value is -1.10. The Morgan fingerprint density at radius 1 is 1.23 bits per heavy atom. The fourth-order valence-corrected chi connectivity index (χ4v) is 4.14. The molecular formula is C17H25ClN4. The van der Waals surface area contributed by atoms with Crippen LogP contribution in [0.2, 0.25) is 0 Å². The fourth-order valence-electron chi connectivity index (χ4n) is 4.14. The summed E-state index contributed by atoms with van der Waals surface area (Å²) in [6.07, 6.45) is 6.10. The molecule has 0 aromatic carbocycles. The monoisotopic (exact) mass is 320 g/mol. The standard InChI is InChI=1S/C17H24N4.ClH/c1-14-3-2-4-16-19-11-15(21(14)16)12-20-10-7-17(13-20)5-8-18-9-6-17;/h2-4,11,18H,5-10,12-13H2,1H3;1H. The van der Waals surface area contributed by atoms with Gasteiger partial charge in [0.25, 0.3) is 0 Å². The minimum absolute atomic E-state index is 0. The summed E-state index contributed by atoms with van der Waals surface area (Å²) in [5.74, 6) is 0. The van der Waals surface area contributed by atoms with E-state index in [2.05, 4.69) is 50.9 Å². The second-order valence-electron chi connectivity index (χ2n) is 6.82. The number of rotatable bonds is 2. The van der Waals surface area contributed by atoms with Gasteiger partial charge in [0.2, 0.25) is 0 Å². The lowest BCUT2D eigenvalue weighted by Gasteiger charge is -2.33. The van der Waals surface area contributed by atoms with Crippen LogP contribution < -0.4 is 5.32 Å². The second-order valence-corrected chi connectivity index (χ2v) is 6.82. The topological polar surface area (TPSA) is 32.6 Å². The van der Waals surface area contributed by atoms with Gasteiger partial charge in [-0.25, -0.2) is 4.98 Å². The molecule has 0 atom stereocenters. The molecule has 4 rings (SSSR count). The van der Waals surface area contributed by atoms with Crippen LogP contribution in [0.1, 0.15) is 30.7 Å². The quantitative estimate of drug-likeness (QED) is 0.923. The number of hydrogen-bond acceptors (Lipinski definition) is 3. The summed E-state index contributed by atoms with van der Waals surface area (Å²) >= 11 is 0. The highest BCUT2D eigenvalue weighted by molar-refractivity contribution is 5.85. The highest BCUT2D eigenvalue weighted by Crippen LogP contribution is 2.39. The first-order chi connectivity index (χ1) is 10.3. The van der Waals surface area contributed by atoms with Gasteiger partial charge in [0.15, 0.2) is 0 Å². The molecule has 22 heavy (non-hydrogen) atoms. The number of imidazole rings is 1. The molecule has 1 N–H and O–H groups in total. The van der Waals surface area contributed by atoms with Crippen LogP contribution >= 0.6 is 12.4 Å². The minimum atomic E-state index is 0. The van der Waals surface area contributed by atoms with Crippen LogP contribution in [-0.4, -0.2) is 40.5 Å². The Balaban J connectivity index is 0.00000144. The maximum absolute atomic E-state index is 4.55. The van der Waals surface area contributed by atoms with Crippen molar-refractivity contribution in [1.82, 2.24) is 19.6 Å². The van der Waals surface area contributed by atoms with Gasteiger partial charge in [0.05, 0.1) is 11.9 Å². The Labute approximate surface area is 138 Å². The molecule has 4 nitrogen and oxygen atoms in total. The highest BCUT2D eigenvalue weighted by atomic mass is 35.5. The average molecular weight is 321 g/mol. The summed E-state index contributed by atoms with van der Waals surface area (Å²) in [6, 6.07) is 6.34. The van der Waals surface area contributed by atoms with Crippen LogP contribution in [0.15, 0.2) is 24.4 Å². The molecule has 2 aromatic heterocycles. The van der Waals surface area contributed by atoms with Crippen molar-refractivity contribution in [3.8, 4) is 0 Å². The molecule has 1 spiro atoms. The third kappa shape index (κ3) is 2.75. The summed E-state index contributed by atoms with van der Waals surface area (Å²) in [5.41, 5.74) is 4.26. The predicted octanol–water partition coefficient (Wildman–Crippen LogP) is 2.64. The van der Waals surface area contributed by atoms with Crippen molar-refractivity contribution in [3.05, 3.63) is 35.8 Å². The van der Waals surface area contributed by atoms with Gasteiger partial charge >= 0.3 is 0 Å². The van der Waals surface area contributed by atoms with Gasteiger partial charge in [-0.05, 0) is 63.4 Å². The molecule has 120 valence electrons. The molecule has 2 aromatic rings. The number of piperidine rings is 1. The van der Waals surface area contributed by atoms with Crippen molar-refractivity contribution < 1.29 is 0 Å². The molecule has 2 aliphatic heterocycles. The SMILES string of the molecule is Cc1cccc2ncc(CN3CCC4(CCNCC4)C3)n12.Cl. The zero-order valence-corrected chi connectivity index (χ0v) is 14.0. The van der Waals surface area contributed by atoms with Crippen molar-refractivity contribution in [3.63, 3.8) is 0 Å². The number of halogens is 1. The molecule has 0 unspecified atom stereocenters. The Morgan fingerprint density at radius 2 is 2.05 bits per heavy atom. The maximum atomic E-state index is 4.55. The van der Waals surface area contributed by atoms with Crippen LogP contribution in [-0.2, 0) is 6.54 Å². The van der Waals surface area contributed by atoms with E-state index in [1.165, 1.54) is 56.8 Å². The second kappa shape index (κ2) is 6.19. The largest absolute Gasteiger partial charge is 0.317 e. The maximum Gasteiger partial charge on any atom is 0.137 e. The van der Waals surface area contributed by atoms with E-state index in [1.807, 2.05) is 0 Å². The number of nitrogens with zero attached hydrogens (tertiary/aromatic N) is 3. The van der Waals surface area contributed by atoms with Gasteiger partial charge in [-0.15, -0.1) is 12.4 Å². The van der Waals surface area contributed by atoms with Gasteiger partial charge in [0.1, 0.15) is 5.65 Å². The number of pyridine rings is 1. The van der Waals surface area contributed by atoms with Gasteiger partial charge < -0.3 is 9.72 Å². The number of hydrogen-bond donors (Lipinski definition) is 1. The van der Waals surface area contributed by atoms with Crippen LogP contribution in [0.5, 0.6) is 0 Å². The molecule has 0 bridgehead atoms. The van der Waals surface area contributed by atoms with E-state index in [4.69, 9.17) is 0 Å². The number of fused-ring (bicyclic) bond motifs is 1. The number of aromatic nitrogens is 2. The zero-order valence-electron chi connectivity index (χ0n) is 13.2. The molecular weight excluding hydrogens is 296 g/mol. The Morgan fingerprint density at radius 3 is 2.86 bits per heavy atom. The summed E-state index contributed by atoms with van der Waals surface area (Å²) in [6.45, 7) is 8.08. The fraction of sp³-hybridized carbons (Fsp3) is 0.588. The molecule has 4 heterocycles. The number of nitrogens with one attached hydrogen (secondary N) is 1. The number of aryl methyl sites for hydroxylation is 1. The first kappa shape index (κ1) is 15.8. The van der Waals surface area contributed by atoms with E-state index in [9.17, 15) is 0 Å². The average Bonchev–Trinajstić information content (AvgIpc) is 3.07. The Kier molecular flexibility index (Phi) is 4.44. The first-order valence-corrected chi connectivity index (χ1v) is 8.11. The van der Waals surface area contributed by atoms with Gasteiger partial charge in [-0.3, -0.25) is 4.90 Å². The highest BCUT2D eigenvalue weighted by Gasteiger charge is 2.38. The van der Waals surface area contributed by atoms with E-state index >= 15 is 0 Å². The van der Waals surface area contributed by atoms with Crippen molar-refractivity contribution in [2.75, 3.05) is 26.2 Å². The summed E-state index contributed by atoms with van der Waals surface area (Å²) in [7, 11) is 0. The lowest BCUT2D eigenvalue weighted by Crippen LogP contribution is -2.38. The van der Waals surface area contributed by atoms with Crippen molar-refractivity contribution in [2.24, 2.45) is 5.41 Å². The number of likely N-dealkylation sites (tertiary alicyclic amines) is 1. The van der Waals surface area contributed by atoms with E-state index in [0.29, 0.717) is 5.41 Å². The predicted molar refractivity (Wildman–Crippen MR) is 91.6 cm³/mol. The van der Waals surface area contributed by atoms with Crippen molar-refractivity contribution in [2.45, 2.75) is 32.7 Å². The van der Waals surface area contributed by atoms with Crippen LogP contribution in [0.3, 0.4) is 0 Å². The normalized spacial score (nSPS) is 21.3. The van der Waals surface area contributed by atoms with E-state index in [1.54, 1.807) is 0 Å². The van der Waals surface area contributed by atoms with E-state index in [-0.39, 0.29) is 12.4 Å². The zero-order chi connectivity index (χ0) is 14.3. The van der Waals surface area contributed by atoms with Gasteiger partial charge in [0, 0.05) is 18.8 Å². The molecule has 5 heteroatoms. The van der Waals surface area contributed by atoms with Crippen LogP contribution in [0, 0.1) is 12.3 Å². The first-order valence-electron chi connectivity index (χ1n) is 8.11. The summed E-state index contributed by atoms with van der Waals surface area (Å²) in [4.78, 5) is 7.18. The lowest BCUT2D eigenvalue weighted by atomic mass is 9.78. The lowest BCUT2D eigenvalue weighted by molar-refractivity contribution is 0.193. The van der Waals surface area contributed by atoms with Crippen LogP contribution in [0.25, 0.3) is 5.65 Å². The minimum Gasteiger partial charge on any atom is -0.317 e. The molecule has 0 saturated carbocycles. The molecule has 2 saturated heterocycles. The van der Waals surface area contributed by atoms with Gasteiger partial charge in [-0.2, -0.15) is 0 Å². The third-order valence-electron chi connectivity index (χ3n) is 5.36. The van der Waals surface area contributed by atoms with Crippen LogP contribution in [0.4, 0.5) is 0 Å². The third-order valence-corrected chi connectivity index (χ3v) is 5.36. The molecule has 0 aliphatic carbocycles. The molecule has 2 fully saturated rings. The smallest absolute Gasteiger partial charge is 0.137 e. The molecule has 2 aliphatic rings. The molecule has 0 amide bonds. The van der Waals surface area contributed by atoms with Crippen molar-refractivity contribution in [1.29, 1.82) is 0 Å². The van der Waals surface area contributed by atoms with Crippen molar-refractivity contribution >= 4 is 18.1 Å². The summed E-state index contributed by atoms with van der Waals surface area (Å²) < 4.78 is 2.30. The molecule has 0 radical (unpaired) electrons. The van der Waals surface area contributed by atoms with E-state index < -0.39 is 0 Å². The summed E-state index contributed by atoms with van der Waals surface area (Å²) in [5, 5.41) is 3.50. The van der Waals surface area contributed by atoms with E-state index in [0.717, 1.165) is 12.2 Å².